The zero-order valence-corrected chi connectivity index (χ0v) is 12.8. The van der Waals surface area contributed by atoms with Crippen LogP contribution in [-0.2, 0) is 0 Å². The van der Waals surface area contributed by atoms with Crippen LogP contribution in [0.5, 0.6) is 0 Å². The third kappa shape index (κ3) is 5.05. The Morgan fingerprint density at radius 1 is 1.16 bits per heavy atom. The molecule has 0 bridgehead atoms. The topological polar surface area (TPSA) is 35.5 Å². The summed E-state index contributed by atoms with van der Waals surface area (Å²) < 4.78 is 0. The molecule has 1 saturated carbocycles. The molecule has 2 fully saturated rings. The van der Waals surface area contributed by atoms with E-state index in [9.17, 15) is 5.11 Å². The lowest BCUT2D eigenvalue weighted by atomic mass is 9.99. The molecule has 2 rings (SSSR count). The van der Waals surface area contributed by atoms with Gasteiger partial charge in [-0.2, -0.15) is 0 Å². The molecule has 0 aromatic heterocycles. The van der Waals surface area contributed by atoms with Crippen LogP contribution in [0.15, 0.2) is 0 Å². The number of rotatable bonds is 7. The Bertz CT molecular complexity index is 245. The summed E-state index contributed by atoms with van der Waals surface area (Å²) in [4.78, 5) is 2.46. The Morgan fingerprint density at radius 2 is 1.89 bits per heavy atom. The summed E-state index contributed by atoms with van der Waals surface area (Å²) in [7, 11) is 0. The Labute approximate surface area is 118 Å². The number of aliphatic hydroxyl groups is 1. The first-order valence-corrected chi connectivity index (χ1v) is 8.30. The zero-order chi connectivity index (χ0) is 13.7. The molecule has 2 aliphatic rings. The summed E-state index contributed by atoms with van der Waals surface area (Å²) in [6.45, 7) is 7.61. The van der Waals surface area contributed by atoms with E-state index >= 15 is 0 Å². The fourth-order valence-corrected chi connectivity index (χ4v) is 3.67. The third-order valence-electron chi connectivity index (χ3n) is 4.87. The van der Waals surface area contributed by atoms with Gasteiger partial charge in [-0.25, -0.2) is 0 Å². The minimum Gasteiger partial charge on any atom is -0.392 e. The highest BCUT2D eigenvalue weighted by Gasteiger charge is 2.24. The van der Waals surface area contributed by atoms with Crippen molar-refractivity contribution in [1.29, 1.82) is 0 Å². The molecule has 19 heavy (non-hydrogen) atoms. The lowest BCUT2D eigenvalue weighted by molar-refractivity contribution is 0.0728. The van der Waals surface area contributed by atoms with Gasteiger partial charge in [-0.05, 0) is 45.6 Å². The first-order chi connectivity index (χ1) is 9.15. The van der Waals surface area contributed by atoms with E-state index in [4.69, 9.17) is 0 Å². The van der Waals surface area contributed by atoms with E-state index in [2.05, 4.69) is 24.1 Å². The second-order valence-corrected chi connectivity index (χ2v) is 6.88. The molecule has 1 aliphatic heterocycles. The van der Waals surface area contributed by atoms with Crippen LogP contribution in [0.2, 0.25) is 0 Å². The molecule has 0 aromatic carbocycles. The molecule has 0 aromatic rings. The smallest absolute Gasteiger partial charge is 0.0669 e. The molecule has 1 heterocycles. The fraction of sp³-hybridized carbons (Fsp3) is 1.00. The molecule has 112 valence electrons. The van der Waals surface area contributed by atoms with E-state index in [1.807, 2.05) is 0 Å². The van der Waals surface area contributed by atoms with Gasteiger partial charge in [0.05, 0.1) is 6.10 Å². The van der Waals surface area contributed by atoms with E-state index < -0.39 is 0 Å². The van der Waals surface area contributed by atoms with E-state index in [-0.39, 0.29) is 6.10 Å². The molecule has 2 atom stereocenters. The number of nitrogens with one attached hydrogen (secondary N) is 1. The van der Waals surface area contributed by atoms with Crippen LogP contribution >= 0.6 is 0 Å². The van der Waals surface area contributed by atoms with Crippen molar-refractivity contribution in [1.82, 2.24) is 10.2 Å². The van der Waals surface area contributed by atoms with Crippen molar-refractivity contribution >= 4 is 0 Å². The van der Waals surface area contributed by atoms with Gasteiger partial charge in [-0.1, -0.05) is 25.7 Å². The second kappa shape index (κ2) is 7.61. The van der Waals surface area contributed by atoms with Gasteiger partial charge in [0.25, 0.3) is 0 Å². The van der Waals surface area contributed by atoms with Gasteiger partial charge in [-0.3, -0.25) is 4.90 Å². The molecule has 1 saturated heterocycles. The summed E-state index contributed by atoms with van der Waals surface area (Å²) in [5.74, 6) is 0.786. The van der Waals surface area contributed by atoms with Crippen LogP contribution in [0.25, 0.3) is 0 Å². The molecule has 0 spiro atoms. The van der Waals surface area contributed by atoms with Crippen molar-refractivity contribution < 1.29 is 5.11 Å². The van der Waals surface area contributed by atoms with Crippen LogP contribution < -0.4 is 5.32 Å². The highest BCUT2D eigenvalue weighted by Crippen LogP contribution is 2.28. The van der Waals surface area contributed by atoms with Crippen molar-refractivity contribution in [2.75, 3.05) is 19.6 Å². The molecule has 0 amide bonds. The molecule has 3 nitrogen and oxygen atoms in total. The number of hydrogen-bond acceptors (Lipinski definition) is 3. The standard InChI is InChI=1S/C16H32N2O/c1-13(2)18(11-15-8-5-9-17-15)12-16(19)10-14-6-3-4-7-14/h13-17,19H,3-12H2,1-2H3. The Morgan fingerprint density at radius 3 is 2.47 bits per heavy atom. The van der Waals surface area contributed by atoms with Crippen LogP contribution in [-0.4, -0.2) is 47.8 Å². The van der Waals surface area contributed by atoms with Gasteiger partial charge < -0.3 is 10.4 Å². The van der Waals surface area contributed by atoms with Crippen molar-refractivity contribution in [2.24, 2.45) is 5.92 Å². The predicted molar refractivity (Wildman–Crippen MR) is 80.3 cm³/mol. The SMILES string of the molecule is CC(C)N(CC(O)CC1CCCC1)CC1CCCN1. The van der Waals surface area contributed by atoms with E-state index in [1.54, 1.807) is 0 Å². The minimum atomic E-state index is -0.132. The van der Waals surface area contributed by atoms with Gasteiger partial charge in [0.15, 0.2) is 0 Å². The molecule has 0 radical (unpaired) electrons. The second-order valence-electron chi connectivity index (χ2n) is 6.88. The molecular weight excluding hydrogens is 236 g/mol. The Kier molecular flexibility index (Phi) is 6.11. The predicted octanol–water partition coefficient (Wildman–Crippen LogP) is 2.39. The minimum absolute atomic E-state index is 0.132. The summed E-state index contributed by atoms with van der Waals surface area (Å²) in [6, 6.07) is 1.17. The zero-order valence-electron chi connectivity index (χ0n) is 12.8. The maximum absolute atomic E-state index is 10.3. The highest BCUT2D eigenvalue weighted by atomic mass is 16.3. The fourth-order valence-electron chi connectivity index (χ4n) is 3.67. The van der Waals surface area contributed by atoms with Gasteiger partial charge in [0.2, 0.25) is 0 Å². The highest BCUT2D eigenvalue weighted by molar-refractivity contribution is 4.81. The summed E-state index contributed by atoms with van der Waals surface area (Å²) in [6.07, 6.45) is 8.90. The largest absolute Gasteiger partial charge is 0.392 e. The number of nitrogens with zero attached hydrogens (tertiary/aromatic N) is 1. The molecular formula is C16H32N2O. The van der Waals surface area contributed by atoms with Crippen molar-refractivity contribution in [2.45, 2.75) is 77.0 Å². The van der Waals surface area contributed by atoms with Gasteiger partial charge in [-0.15, -0.1) is 0 Å². The maximum Gasteiger partial charge on any atom is 0.0669 e. The maximum atomic E-state index is 10.3. The average Bonchev–Trinajstić information content (AvgIpc) is 3.00. The normalized spacial score (nSPS) is 26.7. The first kappa shape index (κ1) is 15.3. The summed E-state index contributed by atoms with van der Waals surface area (Å²) >= 11 is 0. The van der Waals surface area contributed by atoms with E-state index in [0.717, 1.165) is 25.4 Å². The van der Waals surface area contributed by atoms with Crippen LogP contribution in [0.4, 0.5) is 0 Å². The summed E-state index contributed by atoms with van der Waals surface area (Å²) in [5, 5.41) is 13.9. The molecule has 2 N–H and O–H groups in total. The van der Waals surface area contributed by atoms with Crippen LogP contribution in [0, 0.1) is 5.92 Å². The van der Waals surface area contributed by atoms with Gasteiger partial charge in [0, 0.05) is 25.2 Å². The van der Waals surface area contributed by atoms with Gasteiger partial charge >= 0.3 is 0 Å². The van der Waals surface area contributed by atoms with Crippen LogP contribution in [0.1, 0.15) is 58.8 Å². The van der Waals surface area contributed by atoms with Gasteiger partial charge in [0.1, 0.15) is 0 Å². The van der Waals surface area contributed by atoms with E-state index in [0.29, 0.717) is 12.1 Å². The first-order valence-electron chi connectivity index (χ1n) is 8.30. The Hall–Kier alpha value is -0.120. The Balaban J connectivity index is 1.74. The van der Waals surface area contributed by atoms with Crippen molar-refractivity contribution in [3.63, 3.8) is 0 Å². The lowest BCUT2D eigenvalue weighted by Crippen LogP contribution is -2.45. The average molecular weight is 268 g/mol. The quantitative estimate of drug-likeness (QED) is 0.744. The van der Waals surface area contributed by atoms with Crippen LogP contribution in [0.3, 0.4) is 0 Å². The third-order valence-corrected chi connectivity index (χ3v) is 4.87. The molecule has 3 heteroatoms. The van der Waals surface area contributed by atoms with Crippen molar-refractivity contribution in [3.05, 3.63) is 0 Å². The molecule has 2 unspecified atom stereocenters. The van der Waals surface area contributed by atoms with E-state index in [1.165, 1.54) is 45.1 Å². The summed E-state index contributed by atoms with van der Waals surface area (Å²) in [5.41, 5.74) is 0. The lowest BCUT2D eigenvalue weighted by Gasteiger charge is -2.31. The molecule has 1 aliphatic carbocycles. The monoisotopic (exact) mass is 268 g/mol. The number of hydrogen-bond donors (Lipinski definition) is 2. The number of aliphatic hydroxyl groups excluding tert-OH is 1. The van der Waals surface area contributed by atoms with Crippen molar-refractivity contribution in [3.8, 4) is 0 Å².